The third-order valence-corrected chi connectivity index (χ3v) is 4.50. The summed E-state index contributed by atoms with van der Waals surface area (Å²) in [6.07, 6.45) is 3.64. The number of ether oxygens (including phenoxy) is 1. The quantitative estimate of drug-likeness (QED) is 0.757. The Morgan fingerprint density at radius 2 is 2.28 bits per heavy atom. The molecule has 1 fully saturated rings. The van der Waals surface area contributed by atoms with E-state index in [-0.39, 0.29) is 11.6 Å². The van der Waals surface area contributed by atoms with E-state index in [9.17, 15) is 0 Å². The van der Waals surface area contributed by atoms with Crippen LogP contribution < -0.4 is 10.5 Å². The number of rotatable bonds is 1. The number of nitrogens with zero attached hydrogens (tertiary/aromatic N) is 2. The highest BCUT2D eigenvalue weighted by Gasteiger charge is 2.49. The van der Waals surface area contributed by atoms with Crippen LogP contribution in [0.3, 0.4) is 0 Å². The van der Waals surface area contributed by atoms with Gasteiger partial charge in [-0.2, -0.15) is 12.6 Å². The Hall–Kier alpha value is -0.780. The lowest BCUT2D eigenvalue weighted by atomic mass is 9.83. The molecule has 3 rings (SSSR count). The van der Waals surface area contributed by atoms with Crippen LogP contribution in [0.4, 0.5) is 0 Å². The van der Waals surface area contributed by atoms with Crippen molar-refractivity contribution in [2.75, 3.05) is 13.1 Å². The van der Waals surface area contributed by atoms with E-state index >= 15 is 0 Å². The number of thiol groups is 1. The second kappa shape index (κ2) is 4.40. The molecule has 18 heavy (non-hydrogen) atoms. The summed E-state index contributed by atoms with van der Waals surface area (Å²) >= 11 is 4.49. The van der Waals surface area contributed by atoms with Gasteiger partial charge in [0.05, 0.1) is 6.04 Å². The molecule has 0 amide bonds. The normalized spacial score (nSPS) is 27.8. The molecule has 3 heterocycles. The number of nitrogens with two attached hydrogens (primary N) is 1. The highest BCUT2D eigenvalue weighted by Crippen LogP contribution is 2.45. The highest BCUT2D eigenvalue weighted by atomic mass is 32.1. The van der Waals surface area contributed by atoms with Crippen molar-refractivity contribution >= 4 is 12.6 Å². The van der Waals surface area contributed by atoms with Crippen molar-refractivity contribution in [3.8, 4) is 5.88 Å². The van der Waals surface area contributed by atoms with Gasteiger partial charge in [0.25, 0.3) is 0 Å². The number of aromatic nitrogens is 1. The molecule has 2 aliphatic rings. The van der Waals surface area contributed by atoms with E-state index in [1.807, 2.05) is 12.1 Å². The lowest BCUT2D eigenvalue weighted by Crippen LogP contribution is -2.52. The third-order valence-electron chi connectivity index (χ3n) is 4.18. The molecule has 1 aromatic rings. The van der Waals surface area contributed by atoms with Gasteiger partial charge in [0.2, 0.25) is 5.88 Å². The van der Waals surface area contributed by atoms with Crippen LogP contribution in [-0.2, 0) is 0 Å². The van der Waals surface area contributed by atoms with Crippen molar-refractivity contribution < 1.29 is 4.74 Å². The minimum absolute atomic E-state index is 0.0569. The summed E-state index contributed by atoms with van der Waals surface area (Å²) in [5, 5.41) is 0.292. The molecule has 5 heteroatoms. The fourth-order valence-corrected chi connectivity index (χ4v) is 3.18. The molecule has 1 aromatic heterocycles. The van der Waals surface area contributed by atoms with Crippen molar-refractivity contribution in [2.24, 2.45) is 5.73 Å². The second-order valence-electron chi connectivity index (χ2n) is 5.21. The first-order chi connectivity index (χ1) is 8.62. The van der Waals surface area contributed by atoms with Gasteiger partial charge in [-0.1, -0.05) is 6.07 Å². The van der Waals surface area contributed by atoms with Crippen LogP contribution in [0.1, 0.15) is 31.4 Å². The van der Waals surface area contributed by atoms with Gasteiger partial charge in [0.1, 0.15) is 5.60 Å². The van der Waals surface area contributed by atoms with Crippen molar-refractivity contribution in [1.29, 1.82) is 0 Å². The number of hydrogen-bond donors (Lipinski definition) is 2. The number of pyridine rings is 1. The van der Waals surface area contributed by atoms with Crippen LogP contribution in [0.2, 0.25) is 0 Å². The van der Waals surface area contributed by atoms with Gasteiger partial charge in [0.15, 0.2) is 0 Å². The maximum atomic E-state index is 6.38. The zero-order valence-electron chi connectivity index (χ0n) is 10.5. The molecule has 0 radical (unpaired) electrons. The summed E-state index contributed by atoms with van der Waals surface area (Å²) in [5.74, 6) is 0.720. The molecular formula is C13H19N3OS. The van der Waals surface area contributed by atoms with Gasteiger partial charge >= 0.3 is 0 Å². The molecular weight excluding hydrogens is 246 g/mol. The summed E-state index contributed by atoms with van der Waals surface area (Å²) in [4.78, 5) is 6.63. The lowest BCUT2D eigenvalue weighted by Gasteiger charge is -2.41. The largest absolute Gasteiger partial charge is 0.469 e. The Kier molecular flexibility index (Phi) is 3.00. The summed E-state index contributed by atoms with van der Waals surface area (Å²) in [6, 6.07) is 3.89. The van der Waals surface area contributed by atoms with E-state index in [4.69, 9.17) is 10.5 Å². The SMILES string of the molecule is CC(S)N1CCC2(CC1)Oc1ncccc1[C@@H]2N. The van der Waals surface area contributed by atoms with E-state index in [1.165, 1.54) is 0 Å². The zero-order valence-corrected chi connectivity index (χ0v) is 11.4. The smallest absolute Gasteiger partial charge is 0.218 e. The minimum atomic E-state index is -0.254. The van der Waals surface area contributed by atoms with E-state index in [0.29, 0.717) is 5.37 Å². The van der Waals surface area contributed by atoms with Gasteiger partial charge in [-0.05, 0) is 13.0 Å². The average molecular weight is 265 g/mol. The summed E-state index contributed by atoms with van der Waals surface area (Å²) < 4.78 is 6.09. The van der Waals surface area contributed by atoms with Crippen molar-refractivity contribution in [3.05, 3.63) is 23.9 Å². The Morgan fingerprint density at radius 3 is 2.89 bits per heavy atom. The lowest BCUT2D eigenvalue weighted by molar-refractivity contribution is -0.00279. The number of likely N-dealkylation sites (tertiary alicyclic amines) is 1. The molecule has 2 atom stereocenters. The predicted molar refractivity (Wildman–Crippen MR) is 73.8 cm³/mol. The summed E-state index contributed by atoms with van der Waals surface area (Å²) in [6.45, 7) is 4.06. The van der Waals surface area contributed by atoms with E-state index in [2.05, 4.69) is 29.4 Å². The number of fused-ring (bicyclic) bond motifs is 1. The Morgan fingerprint density at radius 1 is 1.56 bits per heavy atom. The topological polar surface area (TPSA) is 51.4 Å². The zero-order chi connectivity index (χ0) is 12.8. The van der Waals surface area contributed by atoms with Gasteiger partial charge in [-0.15, -0.1) is 0 Å². The van der Waals surface area contributed by atoms with Crippen LogP contribution in [0.15, 0.2) is 18.3 Å². The summed E-state index contributed by atoms with van der Waals surface area (Å²) in [5.41, 5.74) is 7.17. The fraction of sp³-hybridized carbons (Fsp3) is 0.615. The van der Waals surface area contributed by atoms with E-state index in [0.717, 1.165) is 37.4 Å². The molecule has 0 bridgehead atoms. The maximum absolute atomic E-state index is 6.38. The van der Waals surface area contributed by atoms with Gasteiger partial charge < -0.3 is 10.5 Å². The fourth-order valence-electron chi connectivity index (χ4n) is 2.95. The monoisotopic (exact) mass is 265 g/mol. The minimum Gasteiger partial charge on any atom is -0.469 e. The molecule has 4 nitrogen and oxygen atoms in total. The molecule has 0 aliphatic carbocycles. The van der Waals surface area contributed by atoms with Crippen LogP contribution in [-0.4, -0.2) is 33.9 Å². The van der Waals surface area contributed by atoms with Crippen molar-refractivity contribution in [3.63, 3.8) is 0 Å². The van der Waals surface area contributed by atoms with Crippen LogP contribution >= 0.6 is 12.6 Å². The number of hydrogen-bond acceptors (Lipinski definition) is 5. The van der Waals surface area contributed by atoms with Gasteiger partial charge in [0, 0.05) is 43.1 Å². The van der Waals surface area contributed by atoms with Crippen LogP contribution in [0.25, 0.3) is 0 Å². The molecule has 1 unspecified atom stereocenters. The standard InChI is InChI=1S/C13H19N3OS/c1-9(18)16-7-4-13(5-8-16)11(14)10-3-2-6-15-12(10)17-13/h2-3,6,9,11,18H,4-5,7-8,14H2,1H3/t9?,11-/m0/s1. The predicted octanol–water partition coefficient (Wildman–Crippen LogP) is 1.58. The summed E-state index contributed by atoms with van der Waals surface area (Å²) in [7, 11) is 0. The first-order valence-electron chi connectivity index (χ1n) is 6.44. The van der Waals surface area contributed by atoms with Gasteiger partial charge in [-0.3, -0.25) is 4.90 Å². The Labute approximate surface area is 113 Å². The Balaban J connectivity index is 1.80. The molecule has 0 saturated carbocycles. The Bertz CT molecular complexity index is 444. The van der Waals surface area contributed by atoms with E-state index < -0.39 is 0 Å². The molecule has 98 valence electrons. The highest BCUT2D eigenvalue weighted by molar-refractivity contribution is 7.80. The van der Waals surface area contributed by atoms with Crippen LogP contribution in [0, 0.1) is 0 Å². The molecule has 1 spiro atoms. The van der Waals surface area contributed by atoms with Gasteiger partial charge in [-0.25, -0.2) is 4.98 Å². The number of piperidine rings is 1. The maximum Gasteiger partial charge on any atom is 0.218 e. The molecule has 0 aromatic carbocycles. The first-order valence-corrected chi connectivity index (χ1v) is 6.96. The second-order valence-corrected chi connectivity index (χ2v) is 5.96. The molecule has 2 N–H and O–H groups in total. The van der Waals surface area contributed by atoms with Crippen molar-refractivity contribution in [2.45, 2.75) is 36.8 Å². The molecule has 2 aliphatic heterocycles. The molecule has 1 saturated heterocycles. The first kappa shape index (κ1) is 12.3. The van der Waals surface area contributed by atoms with Crippen molar-refractivity contribution in [1.82, 2.24) is 9.88 Å². The van der Waals surface area contributed by atoms with Crippen LogP contribution in [0.5, 0.6) is 5.88 Å². The van der Waals surface area contributed by atoms with E-state index in [1.54, 1.807) is 6.20 Å². The third kappa shape index (κ3) is 1.81. The average Bonchev–Trinajstić information content (AvgIpc) is 2.64.